The zero-order valence-corrected chi connectivity index (χ0v) is 14.9. The maximum atomic E-state index is 12.1. The van der Waals surface area contributed by atoms with Crippen LogP contribution in [0.1, 0.15) is 5.56 Å². The Balaban J connectivity index is 2.49. The molecule has 1 aromatic carbocycles. The van der Waals surface area contributed by atoms with Crippen molar-refractivity contribution >= 4 is 18.0 Å². The van der Waals surface area contributed by atoms with Crippen molar-refractivity contribution in [3.8, 4) is 5.75 Å². The normalized spacial score (nSPS) is 10.7. The van der Waals surface area contributed by atoms with E-state index in [1.54, 1.807) is 33.5 Å². The van der Waals surface area contributed by atoms with Crippen molar-refractivity contribution in [3.05, 3.63) is 35.9 Å². The van der Waals surface area contributed by atoms with E-state index in [9.17, 15) is 9.59 Å². The molecule has 1 amide bonds. The number of carbonyl (C=O) groups is 2. The number of carbonyl (C=O) groups excluding carboxylic acids is 2. The van der Waals surface area contributed by atoms with Crippen LogP contribution < -0.4 is 4.74 Å². The maximum Gasteiger partial charge on any atom is 0.331 e. The summed E-state index contributed by atoms with van der Waals surface area (Å²) in [5.41, 5.74) is 0.796. The summed E-state index contributed by atoms with van der Waals surface area (Å²) < 4.78 is 20.0. The maximum absolute atomic E-state index is 12.1. The average Bonchev–Trinajstić information content (AvgIpc) is 2.64. The van der Waals surface area contributed by atoms with E-state index in [-0.39, 0.29) is 12.5 Å². The van der Waals surface area contributed by atoms with E-state index in [1.165, 1.54) is 11.0 Å². The van der Waals surface area contributed by atoms with Gasteiger partial charge in [-0.2, -0.15) is 0 Å². The third kappa shape index (κ3) is 8.32. The number of esters is 1. The predicted octanol–water partition coefficient (Wildman–Crippen LogP) is 1.37. The molecule has 0 aromatic heterocycles. The van der Waals surface area contributed by atoms with Crippen LogP contribution in [0.2, 0.25) is 0 Å². The number of nitrogens with zero attached hydrogens (tertiary/aromatic N) is 1. The molecule has 0 unspecified atom stereocenters. The Morgan fingerprint density at radius 1 is 1.08 bits per heavy atom. The minimum Gasteiger partial charge on any atom is -0.497 e. The number of rotatable bonds is 11. The van der Waals surface area contributed by atoms with Gasteiger partial charge in [-0.25, -0.2) is 4.79 Å². The van der Waals surface area contributed by atoms with E-state index >= 15 is 0 Å². The SMILES string of the molecule is COCCN(CCOC)C(=O)COC(=O)/C=C/c1cccc(OC)c1. The van der Waals surface area contributed by atoms with Gasteiger partial charge in [-0.1, -0.05) is 12.1 Å². The Morgan fingerprint density at radius 2 is 1.76 bits per heavy atom. The minimum atomic E-state index is -0.588. The molecule has 0 spiro atoms. The molecule has 1 aromatic rings. The van der Waals surface area contributed by atoms with Crippen LogP contribution in [-0.4, -0.2) is 71.0 Å². The smallest absolute Gasteiger partial charge is 0.331 e. The van der Waals surface area contributed by atoms with E-state index < -0.39 is 5.97 Å². The zero-order valence-electron chi connectivity index (χ0n) is 14.9. The fourth-order valence-electron chi connectivity index (χ4n) is 1.95. The second-order valence-electron chi connectivity index (χ2n) is 5.08. The molecular formula is C18H25NO6. The second kappa shape index (κ2) is 12.0. The van der Waals surface area contributed by atoms with Gasteiger partial charge in [-0.15, -0.1) is 0 Å². The predicted molar refractivity (Wildman–Crippen MR) is 93.3 cm³/mol. The fourth-order valence-corrected chi connectivity index (χ4v) is 1.95. The molecule has 25 heavy (non-hydrogen) atoms. The van der Waals surface area contributed by atoms with Crippen molar-refractivity contribution in [1.29, 1.82) is 0 Å². The number of methoxy groups -OCH3 is 3. The van der Waals surface area contributed by atoms with Gasteiger partial charge in [-0.3, -0.25) is 4.79 Å². The highest BCUT2D eigenvalue weighted by Crippen LogP contribution is 2.13. The van der Waals surface area contributed by atoms with Gasteiger partial charge in [0.25, 0.3) is 5.91 Å². The summed E-state index contributed by atoms with van der Waals surface area (Å²) in [6.07, 6.45) is 2.87. The summed E-state index contributed by atoms with van der Waals surface area (Å²) in [4.78, 5) is 25.4. The lowest BCUT2D eigenvalue weighted by Crippen LogP contribution is -2.39. The van der Waals surface area contributed by atoms with Gasteiger partial charge in [0.05, 0.1) is 20.3 Å². The molecule has 0 heterocycles. The van der Waals surface area contributed by atoms with Crippen LogP contribution in [0.5, 0.6) is 5.75 Å². The second-order valence-corrected chi connectivity index (χ2v) is 5.08. The Morgan fingerprint density at radius 3 is 2.36 bits per heavy atom. The van der Waals surface area contributed by atoms with Gasteiger partial charge >= 0.3 is 5.97 Å². The van der Waals surface area contributed by atoms with Crippen molar-refractivity contribution < 1.29 is 28.5 Å². The van der Waals surface area contributed by atoms with Gasteiger partial charge in [0.1, 0.15) is 5.75 Å². The number of ether oxygens (including phenoxy) is 4. The lowest BCUT2D eigenvalue weighted by atomic mass is 10.2. The molecule has 1 rings (SSSR count). The van der Waals surface area contributed by atoms with E-state index in [0.29, 0.717) is 32.1 Å². The molecule has 0 N–H and O–H groups in total. The summed E-state index contributed by atoms with van der Waals surface area (Å²) in [6.45, 7) is 1.30. The van der Waals surface area contributed by atoms with Crippen molar-refractivity contribution in [2.45, 2.75) is 0 Å². The molecule has 138 valence electrons. The fraction of sp³-hybridized carbons (Fsp3) is 0.444. The standard InChI is InChI=1S/C18H25NO6/c1-22-11-9-19(10-12-23-2)17(20)14-25-18(21)8-7-15-5-4-6-16(13-15)24-3/h4-8,13H,9-12,14H2,1-3H3/b8-7+. The number of hydrogen-bond donors (Lipinski definition) is 0. The van der Waals surface area contributed by atoms with Crippen molar-refractivity contribution in [2.24, 2.45) is 0 Å². The summed E-state index contributed by atoms with van der Waals surface area (Å²) in [5, 5.41) is 0. The summed E-state index contributed by atoms with van der Waals surface area (Å²) in [7, 11) is 4.69. The largest absolute Gasteiger partial charge is 0.497 e. The van der Waals surface area contributed by atoms with E-state index in [1.807, 2.05) is 18.2 Å². The highest BCUT2D eigenvalue weighted by atomic mass is 16.5. The number of amides is 1. The monoisotopic (exact) mass is 351 g/mol. The van der Waals surface area contributed by atoms with E-state index in [0.717, 1.165) is 5.56 Å². The Labute approximate surface area is 148 Å². The highest BCUT2D eigenvalue weighted by molar-refractivity contribution is 5.89. The summed E-state index contributed by atoms with van der Waals surface area (Å²) >= 11 is 0. The van der Waals surface area contributed by atoms with Crippen LogP contribution in [0.15, 0.2) is 30.3 Å². The molecule has 0 saturated heterocycles. The topological polar surface area (TPSA) is 74.3 Å². The summed E-state index contributed by atoms with van der Waals surface area (Å²) in [5.74, 6) is -0.190. The molecule has 0 aliphatic carbocycles. The quantitative estimate of drug-likeness (QED) is 0.443. The van der Waals surface area contributed by atoms with Crippen LogP contribution in [0.25, 0.3) is 6.08 Å². The molecule has 0 aliphatic heterocycles. The van der Waals surface area contributed by atoms with Gasteiger partial charge in [0.15, 0.2) is 6.61 Å². The number of hydrogen-bond acceptors (Lipinski definition) is 6. The van der Waals surface area contributed by atoms with Crippen LogP contribution in [0, 0.1) is 0 Å². The molecule has 0 aliphatic rings. The first kappa shape index (κ1) is 20.7. The molecule has 7 heteroatoms. The lowest BCUT2D eigenvalue weighted by molar-refractivity contribution is -0.148. The van der Waals surface area contributed by atoms with Gasteiger partial charge in [0.2, 0.25) is 0 Å². The highest BCUT2D eigenvalue weighted by Gasteiger charge is 2.14. The zero-order chi connectivity index (χ0) is 18.5. The van der Waals surface area contributed by atoms with E-state index in [2.05, 4.69) is 0 Å². The Kier molecular flexibility index (Phi) is 9.96. The average molecular weight is 351 g/mol. The van der Waals surface area contributed by atoms with Crippen molar-refractivity contribution in [2.75, 3.05) is 54.2 Å². The van der Waals surface area contributed by atoms with Crippen LogP contribution >= 0.6 is 0 Å². The van der Waals surface area contributed by atoms with Gasteiger partial charge < -0.3 is 23.8 Å². The van der Waals surface area contributed by atoms with E-state index in [4.69, 9.17) is 18.9 Å². The third-order valence-electron chi connectivity index (χ3n) is 3.33. The molecule has 0 bridgehead atoms. The lowest BCUT2D eigenvalue weighted by Gasteiger charge is -2.21. The Hall–Kier alpha value is -2.38. The van der Waals surface area contributed by atoms with Crippen molar-refractivity contribution in [3.63, 3.8) is 0 Å². The molecule has 0 fully saturated rings. The first-order chi connectivity index (χ1) is 12.1. The number of benzene rings is 1. The first-order valence-electron chi connectivity index (χ1n) is 7.85. The molecule has 0 radical (unpaired) electrons. The van der Waals surface area contributed by atoms with Crippen LogP contribution in [-0.2, 0) is 23.8 Å². The van der Waals surface area contributed by atoms with Crippen LogP contribution in [0.3, 0.4) is 0 Å². The third-order valence-corrected chi connectivity index (χ3v) is 3.33. The summed E-state index contributed by atoms with van der Waals surface area (Å²) in [6, 6.07) is 7.24. The van der Waals surface area contributed by atoms with Gasteiger partial charge in [-0.05, 0) is 23.8 Å². The minimum absolute atomic E-state index is 0.294. The molecule has 7 nitrogen and oxygen atoms in total. The van der Waals surface area contributed by atoms with Crippen molar-refractivity contribution in [1.82, 2.24) is 4.90 Å². The molecule has 0 atom stereocenters. The first-order valence-corrected chi connectivity index (χ1v) is 7.85. The van der Waals surface area contributed by atoms with Crippen LogP contribution in [0.4, 0.5) is 0 Å². The Bertz CT molecular complexity index is 564. The molecular weight excluding hydrogens is 326 g/mol. The van der Waals surface area contributed by atoms with Gasteiger partial charge in [0, 0.05) is 33.4 Å². The molecule has 0 saturated carbocycles.